The topological polar surface area (TPSA) is 80.3 Å². The van der Waals surface area contributed by atoms with E-state index >= 15 is 0 Å². The Morgan fingerprint density at radius 3 is 2.19 bits per heavy atom. The van der Waals surface area contributed by atoms with Gasteiger partial charge < -0.3 is 10.1 Å². The van der Waals surface area contributed by atoms with Gasteiger partial charge in [0.1, 0.15) is 0 Å². The number of carbonyl (C=O) groups excluding carboxylic acids is 2. The maximum Gasteiger partial charge on any atom is 0.257 e. The molecule has 0 atom stereocenters. The van der Waals surface area contributed by atoms with Crippen LogP contribution in [-0.2, 0) is 0 Å². The summed E-state index contributed by atoms with van der Waals surface area (Å²) in [5.41, 5.74) is 1.25. The van der Waals surface area contributed by atoms with Crippen molar-refractivity contribution < 1.29 is 14.3 Å². The maximum absolute atomic E-state index is 12.4. The normalized spacial score (nSPS) is 10.3. The van der Waals surface area contributed by atoms with Gasteiger partial charge in [-0.15, -0.1) is 11.3 Å². The quantitative estimate of drug-likeness (QED) is 0.609. The Hall–Kier alpha value is -2.61. The number of carbonyl (C=O) groups is 2. The Morgan fingerprint density at radius 2 is 1.63 bits per heavy atom. The summed E-state index contributed by atoms with van der Waals surface area (Å²) in [7, 11) is 1.44. The van der Waals surface area contributed by atoms with Gasteiger partial charge in [-0.05, 0) is 36.4 Å². The molecule has 6 nitrogen and oxygen atoms in total. The molecule has 138 valence electrons. The Bertz CT molecular complexity index is 953. The molecule has 0 bridgehead atoms. The Balaban J connectivity index is 1.69. The first-order chi connectivity index (χ1) is 13.0. The van der Waals surface area contributed by atoms with Gasteiger partial charge in [0.05, 0.1) is 17.2 Å². The first-order valence-corrected chi connectivity index (χ1v) is 9.27. The van der Waals surface area contributed by atoms with Gasteiger partial charge in [0.2, 0.25) is 0 Å². The number of nitrogens with zero attached hydrogens (tertiary/aromatic N) is 1. The Morgan fingerprint density at radius 1 is 1.00 bits per heavy atom. The summed E-state index contributed by atoms with van der Waals surface area (Å²) in [4.78, 5) is 28.5. The molecule has 2 aromatic carbocycles. The molecule has 2 N–H and O–H groups in total. The second-order valence-electron chi connectivity index (χ2n) is 5.30. The highest BCUT2D eigenvalue weighted by Crippen LogP contribution is 2.34. The van der Waals surface area contributed by atoms with Gasteiger partial charge in [-0.2, -0.15) is 0 Å². The first kappa shape index (κ1) is 19.2. The van der Waals surface area contributed by atoms with E-state index < -0.39 is 0 Å². The van der Waals surface area contributed by atoms with Crippen molar-refractivity contribution in [1.29, 1.82) is 0 Å². The van der Waals surface area contributed by atoms with Crippen molar-refractivity contribution in [2.45, 2.75) is 0 Å². The molecule has 0 saturated carbocycles. The van der Waals surface area contributed by atoms with E-state index in [1.807, 2.05) is 0 Å². The lowest BCUT2D eigenvalue weighted by Crippen LogP contribution is -2.13. The third kappa shape index (κ3) is 4.57. The highest BCUT2D eigenvalue weighted by molar-refractivity contribution is 7.13. The van der Waals surface area contributed by atoms with Crippen LogP contribution in [0.15, 0.2) is 48.0 Å². The van der Waals surface area contributed by atoms with Gasteiger partial charge in [-0.25, -0.2) is 4.98 Å². The zero-order chi connectivity index (χ0) is 19.4. The van der Waals surface area contributed by atoms with Gasteiger partial charge in [-0.1, -0.05) is 23.2 Å². The SMILES string of the molecule is COc1c(Cl)cc(C(=O)Nc2ccc(C(=O)Nc3nccs3)cc2)cc1Cl. The van der Waals surface area contributed by atoms with Gasteiger partial charge in [-0.3, -0.25) is 14.9 Å². The van der Waals surface area contributed by atoms with Crippen LogP contribution in [0.1, 0.15) is 20.7 Å². The minimum atomic E-state index is -0.388. The average Bonchev–Trinajstić information content (AvgIpc) is 3.15. The molecular weight excluding hydrogens is 409 g/mol. The first-order valence-electron chi connectivity index (χ1n) is 7.63. The molecule has 2 amide bonds. The molecule has 0 radical (unpaired) electrons. The van der Waals surface area contributed by atoms with Gasteiger partial charge in [0.15, 0.2) is 10.9 Å². The van der Waals surface area contributed by atoms with E-state index in [0.717, 1.165) is 0 Å². The van der Waals surface area contributed by atoms with Crippen LogP contribution in [0.25, 0.3) is 0 Å². The summed E-state index contributed by atoms with van der Waals surface area (Å²) in [6, 6.07) is 9.40. The van der Waals surface area contributed by atoms with Crippen molar-refractivity contribution >= 4 is 57.2 Å². The Labute approximate surface area is 169 Å². The molecule has 27 heavy (non-hydrogen) atoms. The van der Waals surface area contributed by atoms with E-state index in [-0.39, 0.29) is 27.4 Å². The molecule has 0 aliphatic heterocycles. The van der Waals surface area contributed by atoms with Crippen LogP contribution < -0.4 is 15.4 Å². The minimum Gasteiger partial charge on any atom is -0.494 e. The predicted molar refractivity (Wildman–Crippen MR) is 107 cm³/mol. The molecule has 0 unspecified atom stereocenters. The molecule has 0 aliphatic carbocycles. The van der Waals surface area contributed by atoms with Crippen LogP contribution in [0, 0.1) is 0 Å². The van der Waals surface area contributed by atoms with Crippen molar-refractivity contribution in [3.8, 4) is 5.75 Å². The van der Waals surface area contributed by atoms with Crippen molar-refractivity contribution in [2.24, 2.45) is 0 Å². The summed E-state index contributed by atoms with van der Waals surface area (Å²) < 4.78 is 5.06. The second-order valence-corrected chi connectivity index (χ2v) is 7.00. The van der Waals surface area contributed by atoms with Crippen molar-refractivity contribution in [2.75, 3.05) is 17.7 Å². The number of hydrogen-bond acceptors (Lipinski definition) is 5. The van der Waals surface area contributed by atoms with Crippen LogP contribution in [0.5, 0.6) is 5.75 Å². The predicted octanol–water partition coefficient (Wildman–Crippen LogP) is 4.96. The van der Waals surface area contributed by atoms with E-state index in [9.17, 15) is 9.59 Å². The number of benzene rings is 2. The molecule has 9 heteroatoms. The monoisotopic (exact) mass is 421 g/mol. The smallest absolute Gasteiger partial charge is 0.257 e. The molecule has 0 spiro atoms. The number of anilines is 2. The number of methoxy groups -OCH3 is 1. The third-order valence-corrected chi connectivity index (χ3v) is 4.77. The number of aromatic nitrogens is 1. The van der Waals surface area contributed by atoms with Crippen LogP contribution in [0.2, 0.25) is 10.0 Å². The summed E-state index contributed by atoms with van der Waals surface area (Å²) in [5.74, 6) is -0.358. The zero-order valence-corrected chi connectivity index (χ0v) is 16.3. The van der Waals surface area contributed by atoms with Gasteiger partial charge >= 0.3 is 0 Å². The number of amides is 2. The largest absolute Gasteiger partial charge is 0.494 e. The lowest BCUT2D eigenvalue weighted by Gasteiger charge is -2.10. The minimum absolute atomic E-state index is 0.240. The number of halogens is 2. The van der Waals surface area contributed by atoms with E-state index in [0.29, 0.717) is 22.1 Å². The molecule has 0 fully saturated rings. The maximum atomic E-state index is 12.4. The van der Waals surface area contributed by atoms with Crippen LogP contribution in [-0.4, -0.2) is 23.9 Å². The molecule has 3 aromatic rings. The number of hydrogen-bond donors (Lipinski definition) is 2. The summed E-state index contributed by atoms with van der Waals surface area (Å²) in [5, 5.41) is 8.18. The second kappa shape index (κ2) is 8.39. The van der Waals surface area contributed by atoms with E-state index in [4.69, 9.17) is 27.9 Å². The van der Waals surface area contributed by atoms with Crippen molar-refractivity contribution in [1.82, 2.24) is 4.98 Å². The summed E-state index contributed by atoms with van der Waals surface area (Å²) in [6.45, 7) is 0. The molecule has 1 aromatic heterocycles. The molecule has 0 aliphatic rings. The van der Waals surface area contributed by atoms with Gasteiger partial charge in [0.25, 0.3) is 11.8 Å². The summed E-state index contributed by atoms with van der Waals surface area (Å²) >= 11 is 13.4. The number of thiazole rings is 1. The molecule has 0 saturated heterocycles. The van der Waals surface area contributed by atoms with Crippen LogP contribution in [0.4, 0.5) is 10.8 Å². The standard InChI is InChI=1S/C18H13Cl2N3O3S/c1-26-15-13(19)8-11(9-14(15)20)17(25)22-12-4-2-10(3-5-12)16(24)23-18-21-6-7-27-18/h2-9H,1H3,(H,22,25)(H,21,23,24). The number of ether oxygens (including phenoxy) is 1. The lowest BCUT2D eigenvalue weighted by atomic mass is 10.1. The zero-order valence-electron chi connectivity index (χ0n) is 14.0. The summed E-state index contributed by atoms with van der Waals surface area (Å²) in [6.07, 6.45) is 1.61. The highest BCUT2D eigenvalue weighted by Gasteiger charge is 2.14. The molecular formula is C18H13Cl2N3O3S. The fourth-order valence-electron chi connectivity index (χ4n) is 2.25. The van der Waals surface area contributed by atoms with Gasteiger partial charge in [0, 0.05) is 28.4 Å². The van der Waals surface area contributed by atoms with E-state index in [1.165, 1.54) is 30.6 Å². The lowest BCUT2D eigenvalue weighted by molar-refractivity contribution is 0.102. The Kier molecular flexibility index (Phi) is 5.95. The van der Waals surface area contributed by atoms with Crippen molar-refractivity contribution in [3.05, 3.63) is 69.1 Å². The van der Waals surface area contributed by atoms with Crippen LogP contribution >= 0.6 is 34.5 Å². The van der Waals surface area contributed by atoms with Crippen molar-refractivity contribution in [3.63, 3.8) is 0 Å². The van der Waals surface area contributed by atoms with Crippen LogP contribution in [0.3, 0.4) is 0 Å². The highest BCUT2D eigenvalue weighted by atomic mass is 35.5. The van der Waals surface area contributed by atoms with E-state index in [2.05, 4.69) is 15.6 Å². The fraction of sp³-hybridized carbons (Fsp3) is 0.0556. The number of rotatable bonds is 5. The number of nitrogens with one attached hydrogen (secondary N) is 2. The molecule has 3 rings (SSSR count). The average molecular weight is 422 g/mol. The van der Waals surface area contributed by atoms with E-state index in [1.54, 1.807) is 35.8 Å². The third-order valence-electron chi connectivity index (χ3n) is 3.52. The molecule has 1 heterocycles. The fourth-order valence-corrected chi connectivity index (χ4v) is 3.41.